The lowest BCUT2D eigenvalue weighted by molar-refractivity contribution is -0.000775. The van der Waals surface area contributed by atoms with Crippen LogP contribution in [-0.4, -0.2) is 12.6 Å². The van der Waals surface area contributed by atoms with Gasteiger partial charge >= 0.3 is 0 Å². The first-order chi connectivity index (χ1) is 6.00. The maximum absolute atomic E-state index is 3.54. The third-order valence-corrected chi connectivity index (χ3v) is 4.73. The smallest absolute Gasteiger partial charge is 0.0252 e. The van der Waals surface area contributed by atoms with Gasteiger partial charge in [-0.25, -0.2) is 0 Å². The molecule has 0 amide bonds. The fourth-order valence-electron chi connectivity index (χ4n) is 2.24. The van der Waals surface area contributed by atoms with Crippen LogP contribution in [0, 0.1) is 16.7 Å². The fraction of sp³-hybridized carbons (Fsp3) is 1.00. The van der Waals surface area contributed by atoms with Gasteiger partial charge in [-0.2, -0.15) is 0 Å². The Kier molecular flexibility index (Phi) is 3.83. The Morgan fingerprint density at radius 2 is 1.21 bits per heavy atom. The van der Waals surface area contributed by atoms with Crippen LogP contribution < -0.4 is 5.32 Å². The van der Waals surface area contributed by atoms with Gasteiger partial charge in [0.2, 0.25) is 0 Å². The molecule has 14 heavy (non-hydrogen) atoms. The topological polar surface area (TPSA) is 12.0 Å². The van der Waals surface area contributed by atoms with Gasteiger partial charge < -0.3 is 5.32 Å². The molecule has 1 N–H and O–H groups in total. The van der Waals surface area contributed by atoms with E-state index in [2.05, 4.69) is 67.8 Å². The molecule has 0 aliphatic heterocycles. The fourth-order valence-corrected chi connectivity index (χ4v) is 2.24. The van der Waals surface area contributed by atoms with Crippen molar-refractivity contribution >= 4 is 0 Å². The second-order valence-corrected chi connectivity index (χ2v) is 6.50. The van der Waals surface area contributed by atoms with Crippen LogP contribution in [0.3, 0.4) is 0 Å². The number of hydrogen-bond donors (Lipinski definition) is 1. The van der Waals surface area contributed by atoms with Gasteiger partial charge in [-0.3, -0.25) is 0 Å². The van der Waals surface area contributed by atoms with Crippen molar-refractivity contribution in [1.82, 2.24) is 5.32 Å². The summed E-state index contributed by atoms with van der Waals surface area (Å²) in [5.74, 6) is 0.666. The largest absolute Gasteiger partial charge is 0.313 e. The molecule has 0 fully saturated rings. The number of hydrogen-bond acceptors (Lipinski definition) is 1. The Morgan fingerprint density at radius 3 is 1.29 bits per heavy atom. The van der Waals surface area contributed by atoms with Crippen molar-refractivity contribution in [3.8, 4) is 0 Å². The molecule has 1 heteroatoms. The third-order valence-electron chi connectivity index (χ3n) is 4.73. The summed E-state index contributed by atoms with van der Waals surface area (Å²) in [6, 6.07) is 0. The van der Waals surface area contributed by atoms with E-state index < -0.39 is 0 Å². The lowest BCUT2D eigenvalue weighted by atomic mass is 9.56. The highest BCUT2D eigenvalue weighted by Crippen LogP contribution is 2.47. The minimum absolute atomic E-state index is 0.147. The van der Waals surface area contributed by atoms with E-state index in [-0.39, 0.29) is 16.4 Å². The van der Waals surface area contributed by atoms with Crippen LogP contribution in [0.5, 0.6) is 0 Å². The van der Waals surface area contributed by atoms with E-state index in [1.165, 1.54) is 0 Å². The SMILES string of the molecule is CNC(C)(C(C)(C)C)C(C)(C)C(C)C. The zero-order chi connectivity index (χ0) is 11.8. The molecule has 0 aliphatic rings. The average Bonchev–Trinajstić information content (AvgIpc) is 2.00. The predicted octanol–water partition coefficient (Wildman–Crippen LogP) is 3.69. The van der Waals surface area contributed by atoms with Crippen LogP contribution in [-0.2, 0) is 0 Å². The number of rotatable bonds is 3. The van der Waals surface area contributed by atoms with E-state index in [0.717, 1.165) is 0 Å². The monoisotopic (exact) mass is 199 g/mol. The van der Waals surface area contributed by atoms with E-state index >= 15 is 0 Å². The Bertz CT molecular complexity index is 186. The van der Waals surface area contributed by atoms with E-state index in [1.807, 2.05) is 0 Å². The van der Waals surface area contributed by atoms with Crippen molar-refractivity contribution in [3.63, 3.8) is 0 Å². The lowest BCUT2D eigenvalue weighted by Crippen LogP contribution is -2.62. The van der Waals surface area contributed by atoms with Gasteiger partial charge in [0.15, 0.2) is 0 Å². The van der Waals surface area contributed by atoms with Crippen LogP contribution in [0.2, 0.25) is 0 Å². The van der Waals surface area contributed by atoms with Crippen LogP contribution in [0.15, 0.2) is 0 Å². The molecule has 0 aromatic heterocycles. The second-order valence-electron chi connectivity index (χ2n) is 6.50. The van der Waals surface area contributed by atoms with Crippen LogP contribution in [0.1, 0.15) is 55.4 Å². The first kappa shape index (κ1) is 14.0. The van der Waals surface area contributed by atoms with Gasteiger partial charge in [0, 0.05) is 5.54 Å². The van der Waals surface area contributed by atoms with E-state index in [0.29, 0.717) is 5.92 Å². The highest BCUT2D eigenvalue weighted by atomic mass is 15.0. The summed E-state index contributed by atoms with van der Waals surface area (Å²) in [6.45, 7) is 18.6. The second kappa shape index (κ2) is 3.84. The molecule has 86 valence electrons. The third kappa shape index (κ3) is 1.98. The molecule has 0 saturated carbocycles. The zero-order valence-corrected chi connectivity index (χ0v) is 11.6. The van der Waals surface area contributed by atoms with Crippen LogP contribution in [0.4, 0.5) is 0 Å². The van der Waals surface area contributed by atoms with Crippen molar-refractivity contribution in [1.29, 1.82) is 0 Å². The van der Waals surface area contributed by atoms with Gasteiger partial charge in [-0.15, -0.1) is 0 Å². The number of nitrogens with one attached hydrogen (secondary N) is 1. The Labute approximate surface area is 90.7 Å². The molecule has 0 rings (SSSR count). The van der Waals surface area contributed by atoms with E-state index in [1.54, 1.807) is 0 Å². The zero-order valence-electron chi connectivity index (χ0n) is 11.6. The normalized spacial score (nSPS) is 18.4. The van der Waals surface area contributed by atoms with Crippen molar-refractivity contribution in [2.45, 2.75) is 60.9 Å². The molecule has 0 spiro atoms. The molecule has 1 nitrogen and oxygen atoms in total. The molecule has 1 unspecified atom stereocenters. The van der Waals surface area contributed by atoms with E-state index in [9.17, 15) is 0 Å². The summed E-state index contributed by atoms with van der Waals surface area (Å²) < 4.78 is 0. The summed E-state index contributed by atoms with van der Waals surface area (Å²) in [5, 5.41) is 3.54. The highest BCUT2D eigenvalue weighted by molar-refractivity contribution is 5.04. The lowest BCUT2D eigenvalue weighted by Gasteiger charge is -2.55. The summed E-state index contributed by atoms with van der Waals surface area (Å²) >= 11 is 0. The Hall–Kier alpha value is -0.0400. The van der Waals surface area contributed by atoms with Crippen molar-refractivity contribution < 1.29 is 0 Å². The molecule has 0 heterocycles. The van der Waals surface area contributed by atoms with E-state index in [4.69, 9.17) is 0 Å². The first-order valence-electron chi connectivity index (χ1n) is 5.69. The van der Waals surface area contributed by atoms with Gasteiger partial charge in [0.1, 0.15) is 0 Å². The quantitative estimate of drug-likeness (QED) is 0.731. The molecule has 0 saturated heterocycles. The van der Waals surface area contributed by atoms with Crippen molar-refractivity contribution in [2.24, 2.45) is 16.7 Å². The Morgan fingerprint density at radius 1 is 0.857 bits per heavy atom. The maximum atomic E-state index is 3.54. The first-order valence-corrected chi connectivity index (χ1v) is 5.69. The molecule has 0 aromatic rings. The minimum Gasteiger partial charge on any atom is -0.313 e. The summed E-state index contributed by atoms with van der Waals surface area (Å²) in [6.07, 6.45) is 0. The van der Waals surface area contributed by atoms with Crippen molar-refractivity contribution in [2.75, 3.05) is 7.05 Å². The molecule has 0 bridgehead atoms. The standard InChI is InChI=1S/C13H29N/c1-10(2)12(6,7)13(8,14-9)11(3,4)5/h10,14H,1-9H3. The molecular formula is C13H29N. The van der Waals surface area contributed by atoms with Crippen LogP contribution in [0.25, 0.3) is 0 Å². The minimum atomic E-state index is 0.147. The van der Waals surface area contributed by atoms with Gasteiger partial charge in [0.25, 0.3) is 0 Å². The van der Waals surface area contributed by atoms with Gasteiger partial charge in [-0.05, 0) is 30.7 Å². The average molecular weight is 199 g/mol. The summed E-state index contributed by atoms with van der Waals surface area (Å²) in [7, 11) is 2.08. The molecule has 1 atom stereocenters. The Balaban J connectivity index is 5.25. The summed E-state index contributed by atoms with van der Waals surface area (Å²) in [5.41, 5.74) is 0.684. The molecular weight excluding hydrogens is 170 g/mol. The van der Waals surface area contributed by atoms with Gasteiger partial charge in [-0.1, -0.05) is 48.5 Å². The molecule has 0 aliphatic carbocycles. The predicted molar refractivity (Wildman–Crippen MR) is 65.5 cm³/mol. The molecule has 0 aromatic carbocycles. The maximum Gasteiger partial charge on any atom is 0.0252 e. The highest BCUT2D eigenvalue weighted by Gasteiger charge is 2.49. The van der Waals surface area contributed by atoms with Crippen LogP contribution >= 0.6 is 0 Å². The van der Waals surface area contributed by atoms with Crippen molar-refractivity contribution in [3.05, 3.63) is 0 Å². The summed E-state index contributed by atoms with van der Waals surface area (Å²) in [4.78, 5) is 0. The van der Waals surface area contributed by atoms with Gasteiger partial charge in [0.05, 0.1) is 0 Å². The molecule has 0 radical (unpaired) electrons.